The second-order valence-electron chi connectivity index (χ2n) is 5.66. The molecular weight excluding hydrogens is 344 g/mol. The summed E-state index contributed by atoms with van der Waals surface area (Å²) in [6.07, 6.45) is 1.19. The fourth-order valence-corrected chi connectivity index (χ4v) is 5.07. The summed E-state index contributed by atoms with van der Waals surface area (Å²) < 4.78 is 27.9. The van der Waals surface area contributed by atoms with E-state index in [2.05, 4.69) is 10.0 Å². The highest BCUT2D eigenvalue weighted by Gasteiger charge is 2.20. The fourth-order valence-electron chi connectivity index (χ4n) is 2.40. The van der Waals surface area contributed by atoms with E-state index in [4.69, 9.17) is 0 Å². The van der Waals surface area contributed by atoms with Crippen LogP contribution in [0.3, 0.4) is 0 Å². The molecule has 24 heavy (non-hydrogen) atoms. The van der Waals surface area contributed by atoms with Crippen LogP contribution in [0.25, 0.3) is 0 Å². The number of anilines is 2. The standard InChI is InChI=1S/C17H22N2O3S2/c1-5-7-17(20)18-14-8-6-9-15(12(14)3)19-24(21,22)16-10-11(2)23-13(16)4/h6,8-10,19H,5,7H2,1-4H3,(H,18,20). The highest BCUT2D eigenvalue weighted by atomic mass is 32.2. The van der Waals surface area contributed by atoms with Crippen LogP contribution in [-0.2, 0) is 14.8 Å². The molecule has 0 aliphatic rings. The highest BCUT2D eigenvalue weighted by Crippen LogP contribution is 2.29. The summed E-state index contributed by atoms with van der Waals surface area (Å²) >= 11 is 1.45. The molecule has 0 aliphatic carbocycles. The summed E-state index contributed by atoms with van der Waals surface area (Å²) in [4.78, 5) is 13.8. The largest absolute Gasteiger partial charge is 0.326 e. The number of aryl methyl sites for hydroxylation is 2. The molecule has 0 fully saturated rings. The third-order valence-corrected chi connectivity index (χ3v) is 6.20. The molecule has 1 amide bonds. The van der Waals surface area contributed by atoms with Crippen LogP contribution in [-0.4, -0.2) is 14.3 Å². The summed E-state index contributed by atoms with van der Waals surface area (Å²) in [7, 11) is -3.65. The van der Waals surface area contributed by atoms with Gasteiger partial charge in [-0.25, -0.2) is 8.42 Å². The number of nitrogens with one attached hydrogen (secondary N) is 2. The maximum Gasteiger partial charge on any atom is 0.263 e. The first-order valence-electron chi connectivity index (χ1n) is 7.74. The van der Waals surface area contributed by atoms with Crippen LogP contribution in [0.15, 0.2) is 29.2 Å². The Balaban J connectivity index is 2.30. The van der Waals surface area contributed by atoms with E-state index in [1.807, 2.05) is 13.8 Å². The van der Waals surface area contributed by atoms with Gasteiger partial charge in [0.2, 0.25) is 5.91 Å². The van der Waals surface area contributed by atoms with Crippen LogP contribution in [0.1, 0.15) is 35.1 Å². The zero-order valence-corrected chi connectivity index (χ0v) is 15.9. The molecule has 130 valence electrons. The minimum absolute atomic E-state index is 0.0788. The lowest BCUT2D eigenvalue weighted by Crippen LogP contribution is -2.16. The van der Waals surface area contributed by atoms with Crippen molar-refractivity contribution in [2.45, 2.75) is 45.4 Å². The topological polar surface area (TPSA) is 75.3 Å². The monoisotopic (exact) mass is 366 g/mol. The van der Waals surface area contributed by atoms with Crippen LogP contribution in [0.4, 0.5) is 11.4 Å². The van der Waals surface area contributed by atoms with Gasteiger partial charge in [-0.3, -0.25) is 9.52 Å². The second-order valence-corrected chi connectivity index (χ2v) is 8.77. The Morgan fingerprint density at radius 3 is 2.42 bits per heavy atom. The third-order valence-electron chi connectivity index (χ3n) is 3.61. The minimum atomic E-state index is -3.65. The van der Waals surface area contributed by atoms with Crippen molar-refractivity contribution in [2.24, 2.45) is 0 Å². The predicted molar refractivity (Wildman–Crippen MR) is 99.3 cm³/mol. The van der Waals surface area contributed by atoms with E-state index in [1.54, 1.807) is 38.1 Å². The number of hydrogen-bond donors (Lipinski definition) is 2. The van der Waals surface area contributed by atoms with Gasteiger partial charge in [-0.2, -0.15) is 0 Å². The first-order valence-corrected chi connectivity index (χ1v) is 10.0. The smallest absolute Gasteiger partial charge is 0.263 e. The molecule has 0 unspecified atom stereocenters. The Kier molecular flexibility index (Phi) is 5.66. The molecule has 7 heteroatoms. The Labute approximate surface area is 147 Å². The number of carbonyl (C=O) groups excluding carboxylic acids is 1. The van der Waals surface area contributed by atoms with E-state index >= 15 is 0 Å². The molecule has 0 saturated carbocycles. The van der Waals surface area contributed by atoms with Gasteiger partial charge in [0.1, 0.15) is 4.90 Å². The highest BCUT2D eigenvalue weighted by molar-refractivity contribution is 7.93. The maximum absolute atomic E-state index is 12.6. The number of benzene rings is 1. The van der Waals surface area contributed by atoms with Crippen molar-refractivity contribution in [2.75, 3.05) is 10.0 Å². The van der Waals surface area contributed by atoms with Gasteiger partial charge < -0.3 is 5.32 Å². The quantitative estimate of drug-likeness (QED) is 0.804. The van der Waals surface area contributed by atoms with Crippen molar-refractivity contribution in [1.29, 1.82) is 0 Å². The number of carbonyl (C=O) groups is 1. The Morgan fingerprint density at radius 2 is 1.83 bits per heavy atom. The van der Waals surface area contributed by atoms with E-state index in [-0.39, 0.29) is 5.91 Å². The molecule has 0 radical (unpaired) electrons. The SMILES string of the molecule is CCCC(=O)Nc1cccc(NS(=O)(=O)c2cc(C)sc2C)c1C. The predicted octanol–water partition coefficient (Wildman–Crippen LogP) is 4.21. The number of hydrogen-bond acceptors (Lipinski definition) is 4. The molecule has 0 saturated heterocycles. The summed E-state index contributed by atoms with van der Waals surface area (Å²) in [5, 5.41) is 2.82. The van der Waals surface area contributed by atoms with Gasteiger partial charge >= 0.3 is 0 Å². The Hall–Kier alpha value is -1.86. The lowest BCUT2D eigenvalue weighted by Gasteiger charge is -2.14. The van der Waals surface area contributed by atoms with Gasteiger partial charge in [-0.15, -0.1) is 11.3 Å². The Bertz CT molecular complexity index is 855. The average Bonchev–Trinajstić information content (AvgIpc) is 2.83. The molecule has 0 atom stereocenters. The zero-order valence-electron chi connectivity index (χ0n) is 14.3. The van der Waals surface area contributed by atoms with E-state index in [9.17, 15) is 13.2 Å². The zero-order chi connectivity index (χ0) is 17.9. The Morgan fingerprint density at radius 1 is 1.17 bits per heavy atom. The van der Waals surface area contributed by atoms with E-state index < -0.39 is 10.0 Å². The molecule has 1 aromatic carbocycles. The van der Waals surface area contributed by atoms with Crippen LogP contribution in [0.5, 0.6) is 0 Å². The molecule has 5 nitrogen and oxygen atoms in total. The lowest BCUT2D eigenvalue weighted by atomic mass is 10.1. The third kappa shape index (κ3) is 4.15. The first-order chi connectivity index (χ1) is 11.2. The lowest BCUT2D eigenvalue weighted by molar-refractivity contribution is -0.116. The molecule has 1 heterocycles. The fraction of sp³-hybridized carbons (Fsp3) is 0.353. The van der Waals surface area contributed by atoms with Gasteiger partial charge in [-0.1, -0.05) is 13.0 Å². The van der Waals surface area contributed by atoms with Crippen LogP contribution in [0.2, 0.25) is 0 Å². The van der Waals surface area contributed by atoms with Gasteiger partial charge in [0, 0.05) is 21.9 Å². The van der Waals surface area contributed by atoms with Crippen LogP contribution >= 0.6 is 11.3 Å². The van der Waals surface area contributed by atoms with Crippen molar-refractivity contribution in [1.82, 2.24) is 0 Å². The molecule has 2 N–H and O–H groups in total. The van der Waals surface area contributed by atoms with E-state index in [0.717, 1.165) is 16.2 Å². The molecule has 2 rings (SSSR count). The first kappa shape index (κ1) is 18.5. The number of amides is 1. The normalized spacial score (nSPS) is 11.3. The molecule has 0 bridgehead atoms. The molecular formula is C17H22N2O3S2. The van der Waals surface area contributed by atoms with Gasteiger partial charge in [0.25, 0.3) is 10.0 Å². The van der Waals surface area contributed by atoms with Crippen molar-refractivity contribution < 1.29 is 13.2 Å². The second kappa shape index (κ2) is 7.36. The maximum atomic E-state index is 12.6. The van der Waals surface area contributed by atoms with Crippen molar-refractivity contribution in [3.05, 3.63) is 39.6 Å². The summed E-state index contributed by atoms with van der Waals surface area (Å²) in [6, 6.07) is 6.85. The van der Waals surface area contributed by atoms with E-state index in [0.29, 0.717) is 28.3 Å². The van der Waals surface area contributed by atoms with Gasteiger partial charge in [0.05, 0.1) is 5.69 Å². The minimum Gasteiger partial charge on any atom is -0.326 e. The molecule has 0 aliphatic heterocycles. The molecule has 1 aromatic heterocycles. The van der Waals surface area contributed by atoms with Crippen molar-refractivity contribution in [3.8, 4) is 0 Å². The number of sulfonamides is 1. The summed E-state index contributed by atoms with van der Waals surface area (Å²) in [5.41, 5.74) is 1.77. The number of rotatable bonds is 6. The van der Waals surface area contributed by atoms with Crippen molar-refractivity contribution in [3.63, 3.8) is 0 Å². The summed E-state index contributed by atoms with van der Waals surface area (Å²) in [6.45, 7) is 7.39. The van der Waals surface area contributed by atoms with E-state index in [1.165, 1.54) is 11.3 Å². The van der Waals surface area contributed by atoms with Crippen LogP contribution < -0.4 is 10.0 Å². The average molecular weight is 367 g/mol. The van der Waals surface area contributed by atoms with Crippen LogP contribution in [0, 0.1) is 20.8 Å². The summed E-state index contributed by atoms with van der Waals surface area (Å²) in [5.74, 6) is -0.0788. The molecule has 0 spiro atoms. The molecule has 2 aromatic rings. The van der Waals surface area contributed by atoms with Crippen molar-refractivity contribution >= 4 is 38.6 Å². The van der Waals surface area contributed by atoms with Gasteiger partial charge in [-0.05, 0) is 51.0 Å². The van der Waals surface area contributed by atoms with Gasteiger partial charge in [0.15, 0.2) is 0 Å². The number of thiophene rings is 1.